The fourth-order valence-corrected chi connectivity index (χ4v) is 5.37. The van der Waals surface area contributed by atoms with Gasteiger partial charge in [0.2, 0.25) is 0 Å². The Morgan fingerprint density at radius 1 is 1.11 bits per heavy atom. The number of benzene rings is 3. The highest BCUT2D eigenvalue weighted by molar-refractivity contribution is 6.34. The van der Waals surface area contributed by atoms with Crippen LogP contribution in [-0.2, 0) is 18.5 Å². The molecule has 1 atom stereocenters. The fraction of sp³-hybridized carbons (Fsp3) is 0.214. The van der Waals surface area contributed by atoms with Crippen LogP contribution in [0.15, 0.2) is 67.0 Å². The lowest BCUT2D eigenvalue weighted by atomic mass is 9.82. The number of aryl methyl sites for hydroxylation is 3. The Labute approximate surface area is 217 Å². The minimum absolute atomic E-state index is 0.289. The van der Waals surface area contributed by atoms with Crippen LogP contribution in [0.5, 0.6) is 0 Å². The lowest BCUT2D eigenvalue weighted by Crippen LogP contribution is -2.51. The molecule has 37 heavy (non-hydrogen) atoms. The number of nitrogens with zero attached hydrogens (tertiary/aromatic N) is 5. The summed E-state index contributed by atoms with van der Waals surface area (Å²) >= 11 is 6.57. The normalized spacial score (nSPS) is 17.1. The average molecular weight is 515 g/mol. The number of imidazole rings is 1. The first-order valence-corrected chi connectivity index (χ1v) is 12.4. The molecule has 0 radical (unpaired) electrons. The molecule has 1 aliphatic rings. The van der Waals surface area contributed by atoms with Crippen molar-refractivity contribution in [3.8, 4) is 5.69 Å². The van der Waals surface area contributed by atoms with Gasteiger partial charge >= 0.3 is 0 Å². The van der Waals surface area contributed by atoms with E-state index < -0.39 is 5.54 Å². The van der Waals surface area contributed by atoms with E-state index in [1.54, 1.807) is 42.2 Å². The molecule has 3 heterocycles. The predicted molar refractivity (Wildman–Crippen MR) is 139 cm³/mol. The van der Waals surface area contributed by atoms with Gasteiger partial charge in [-0.15, -0.1) is 0 Å². The molecule has 5 aromatic rings. The summed E-state index contributed by atoms with van der Waals surface area (Å²) in [5, 5.41) is 7.82. The Hall–Kier alpha value is -4.04. The molecule has 1 unspecified atom stereocenters. The molecule has 0 saturated carbocycles. The van der Waals surface area contributed by atoms with Crippen LogP contribution in [-0.4, -0.2) is 30.2 Å². The number of halogens is 2. The molecule has 2 aromatic heterocycles. The minimum atomic E-state index is -0.851. The second kappa shape index (κ2) is 8.81. The zero-order valence-corrected chi connectivity index (χ0v) is 21.1. The first kappa shape index (κ1) is 23.4. The van der Waals surface area contributed by atoms with E-state index in [-0.39, 0.29) is 16.7 Å². The Balaban J connectivity index is 1.39. The summed E-state index contributed by atoms with van der Waals surface area (Å²) in [4.78, 5) is 22.6. The first-order chi connectivity index (χ1) is 17.8. The van der Waals surface area contributed by atoms with Gasteiger partial charge in [-0.1, -0.05) is 29.8 Å². The number of rotatable bonds is 4. The van der Waals surface area contributed by atoms with Crippen LogP contribution >= 0.6 is 11.6 Å². The van der Waals surface area contributed by atoms with Crippen molar-refractivity contribution in [2.75, 3.05) is 0 Å². The van der Waals surface area contributed by atoms with Gasteiger partial charge in [-0.05, 0) is 73.9 Å². The number of amides is 1. The fourth-order valence-electron chi connectivity index (χ4n) is 5.11. The Morgan fingerprint density at radius 3 is 2.73 bits per heavy atom. The van der Waals surface area contributed by atoms with Crippen LogP contribution in [0.1, 0.15) is 39.6 Å². The molecule has 186 valence electrons. The van der Waals surface area contributed by atoms with Crippen LogP contribution in [0.3, 0.4) is 0 Å². The molecule has 1 amide bonds. The molecule has 0 aliphatic carbocycles. The summed E-state index contributed by atoms with van der Waals surface area (Å²) < 4.78 is 18.1. The number of hydrogen-bond acceptors (Lipinski definition) is 4. The average Bonchev–Trinajstić information content (AvgIpc) is 3.46. The molecule has 0 fully saturated rings. The van der Waals surface area contributed by atoms with Crippen molar-refractivity contribution in [1.82, 2.24) is 29.6 Å². The van der Waals surface area contributed by atoms with E-state index in [0.717, 1.165) is 22.4 Å². The van der Waals surface area contributed by atoms with Gasteiger partial charge in [-0.25, -0.2) is 19.0 Å². The molecule has 0 bridgehead atoms. The second-order valence-electron chi connectivity index (χ2n) is 9.55. The largest absolute Gasteiger partial charge is 0.341 e. The van der Waals surface area contributed by atoms with Crippen molar-refractivity contribution in [2.24, 2.45) is 0 Å². The van der Waals surface area contributed by atoms with Crippen molar-refractivity contribution in [1.29, 1.82) is 0 Å². The highest BCUT2D eigenvalue weighted by atomic mass is 35.5. The van der Waals surface area contributed by atoms with Crippen LogP contribution in [0.4, 0.5) is 4.39 Å². The molecule has 7 nitrogen and oxygen atoms in total. The third-order valence-electron chi connectivity index (χ3n) is 6.98. The van der Waals surface area contributed by atoms with Crippen LogP contribution < -0.4 is 5.32 Å². The standard InChI is InChI=1S/C28H24ClFN6O/c1-17-6-9-25-24(12-17)32-26-10-11-28(15-35(25)26,19-4-3-5-20(30)13-19)33-27(37)22-8-7-21(14-23(22)29)36-16-31-18(2)34-36/h3-9,12-14,16H,10-11,15H2,1-2H3,(H,33,37). The van der Waals surface area contributed by atoms with E-state index in [4.69, 9.17) is 16.6 Å². The molecule has 0 spiro atoms. The summed E-state index contributed by atoms with van der Waals surface area (Å²) in [6.07, 6.45) is 2.79. The summed E-state index contributed by atoms with van der Waals surface area (Å²) in [5.41, 5.74) is 3.91. The molecule has 6 rings (SSSR count). The quantitative estimate of drug-likeness (QED) is 0.353. The van der Waals surface area contributed by atoms with Gasteiger partial charge in [0, 0.05) is 6.42 Å². The molecule has 1 aliphatic heterocycles. The number of carbonyl (C=O) groups is 1. The number of carbonyl (C=O) groups excluding carboxylic acids is 1. The van der Waals surface area contributed by atoms with E-state index in [1.165, 1.54) is 12.1 Å². The summed E-state index contributed by atoms with van der Waals surface area (Å²) in [7, 11) is 0. The first-order valence-electron chi connectivity index (χ1n) is 12.0. The molecular weight excluding hydrogens is 491 g/mol. The topological polar surface area (TPSA) is 77.6 Å². The van der Waals surface area contributed by atoms with Crippen LogP contribution in [0, 0.1) is 19.7 Å². The summed E-state index contributed by atoms with van der Waals surface area (Å²) in [6, 6.07) is 17.7. The molecule has 0 saturated heterocycles. The van der Waals surface area contributed by atoms with E-state index >= 15 is 0 Å². The van der Waals surface area contributed by atoms with Gasteiger partial charge in [-0.3, -0.25) is 4.79 Å². The zero-order valence-electron chi connectivity index (χ0n) is 20.4. The molecule has 3 aromatic carbocycles. The molecule has 1 N–H and O–H groups in total. The molecule has 9 heteroatoms. The number of fused-ring (bicyclic) bond motifs is 3. The van der Waals surface area contributed by atoms with Crippen molar-refractivity contribution >= 4 is 28.5 Å². The van der Waals surface area contributed by atoms with Gasteiger partial charge in [0.15, 0.2) is 0 Å². The highest BCUT2D eigenvalue weighted by Crippen LogP contribution is 2.36. The van der Waals surface area contributed by atoms with Crippen LogP contribution in [0.25, 0.3) is 16.7 Å². The number of aromatic nitrogens is 5. The third-order valence-corrected chi connectivity index (χ3v) is 7.30. The maximum atomic E-state index is 14.4. The predicted octanol–water partition coefficient (Wildman–Crippen LogP) is 5.30. The Morgan fingerprint density at radius 2 is 1.97 bits per heavy atom. The van der Waals surface area contributed by atoms with Gasteiger partial charge in [-0.2, -0.15) is 5.10 Å². The minimum Gasteiger partial charge on any atom is -0.341 e. The lowest BCUT2D eigenvalue weighted by Gasteiger charge is -2.39. The van der Waals surface area contributed by atoms with Gasteiger partial charge in [0.25, 0.3) is 5.91 Å². The molecular formula is C28H24ClFN6O. The second-order valence-corrected chi connectivity index (χ2v) is 9.96. The highest BCUT2D eigenvalue weighted by Gasteiger charge is 2.39. The maximum absolute atomic E-state index is 14.4. The van der Waals surface area contributed by atoms with Crippen molar-refractivity contribution in [3.63, 3.8) is 0 Å². The monoisotopic (exact) mass is 514 g/mol. The van der Waals surface area contributed by atoms with Crippen molar-refractivity contribution in [3.05, 3.63) is 106 Å². The lowest BCUT2D eigenvalue weighted by molar-refractivity contribution is 0.0867. The SMILES string of the molecule is Cc1ccc2c(c1)nc1n2CC(NC(=O)c2ccc(-n3cnc(C)n3)cc2Cl)(c2cccc(F)c2)CC1. The Bertz CT molecular complexity index is 1670. The van der Waals surface area contributed by atoms with Crippen molar-refractivity contribution in [2.45, 2.75) is 38.8 Å². The number of hydrogen-bond donors (Lipinski definition) is 1. The van der Waals surface area contributed by atoms with E-state index in [1.807, 2.05) is 25.1 Å². The summed E-state index contributed by atoms with van der Waals surface area (Å²) in [6.45, 7) is 4.26. The van der Waals surface area contributed by atoms with Gasteiger partial charge in [0.1, 0.15) is 23.8 Å². The van der Waals surface area contributed by atoms with Crippen LogP contribution in [0.2, 0.25) is 5.02 Å². The maximum Gasteiger partial charge on any atom is 0.253 e. The third kappa shape index (κ3) is 4.17. The van der Waals surface area contributed by atoms with Gasteiger partial charge in [0.05, 0.1) is 39.4 Å². The van der Waals surface area contributed by atoms with Crippen molar-refractivity contribution < 1.29 is 9.18 Å². The smallest absolute Gasteiger partial charge is 0.253 e. The Kier molecular flexibility index (Phi) is 5.56. The zero-order chi connectivity index (χ0) is 25.7. The van der Waals surface area contributed by atoms with E-state index in [2.05, 4.69) is 26.0 Å². The summed E-state index contributed by atoms with van der Waals surface area (Å²) in [5.74, 6) is 0.897. The van der Waals surface area contributed by atoms with E-state index in [9.17, 15) is 9.18 Å². The van der Waals surface area contributed by atoms with Gasteiger partial charge < -0.3 is 9.88 Å². The van der Waals surface area contributed by atoms with E-state index in [0.29, 0.717) is 42.0 Å². The number of nitrogens with one attached hydrogen (secondary N) is 1.